The van der Waals surface area contributed by atoms with E-state index in [1.807, 2.05) is 24.3 Å². The van der Waals surface area contributed by atoms with Crippen LogP contribution in [-0.4, -0.2) is 50.8 Å². The molecule has 1 unspecified atom stereocenters. The van der Waals surface area contributed by atoms with Crippen molar-refractivity contribution < 1.29 is 13.2 Å². The lowest BCUT2D eigenvalue weighted by Gasteiger charge is -2.36. The molecule has 1 aliphatic heterocycles. The molecule has 0 aliphatic carbocycles. The first-order valence-corrected chi connectivity index (χ1v) is 10.2. The number of likely N-dealkylation sites (N-methyl/N-ethyl adjacent to an activating group) is 1. The van der Waals surface area contributed by atoms with Crippen molar-refractivity contribution in [1.82, 2.24) is 4.90 Å². The van der Waals surface area contributed by atoms with Gasteiger partial charge in [0.05, 0.1) is 0 Å². The van der Waals surface area contributed by atoms with E-state index in [1.165, 1.54) is 0 Å². The molecule has 0 radical (unpaired) electrons. The van der Waals surface area contributed by atoms with Gasteiger partial charge in [-0.1, -0.05) is 47.5 Å². The number of nitrogens with zero attached hydrogens (tertiary/aromatic N) is 3. The van der Waals surface area contributed by atoms with Gasteiger partial charge in [0.1, 0.15) is 0 Å². The first-order chi connectivity index (χ1) is 13.8. The molecule has 0 saturated carbocycles. The number of hydrogen-bond acceptors (Lipinski definition) is 2. The highest BCUT2D eigenvalue weighted by Gasteiger charge is 2.37. The fraction of sp³-hybridized carbons (Fsp3) is 0.455. The number of anilines is 1. The van der Waals surface area contributed by atoms with Crippen LogP contribution in [0.15, 0.2) is 48.5 Å². The maximum absolute atomic E-state index is 13.7. The van der Waals surface area contributed by atoms with Crippen molar-refractivity contribution >= 4 is 17.3 Å². The summed E-state index contributed by atoms with van der Waals surface area (Å²) in [5, 5.41) is 4.80. The van der Waals surface area contributed by atoms with Crippen LogP contribution in [0.4, 0.5) is 18.9 Å². The molecular weight excluding hydrogens is 399 g/mol. The quantitative estimate of drug-likeness (QED) is 0.594. The molecule has 3 nitrogen and oxygen atoms in total. The van der Waals surface area contributed by atoms with Gasteiger partial charge in [-0.15, -0.1) is 13.1 Å². The molecule has 0 bridgehead atoms. The lowest BCUT2D eigenvalue weighted by molar-refractivity contribution is -0.170. The van der Waals surface area contributed by atoms with E-state index in [0.29, 0.717) is 5.02 Å². The number of alkyl halides is 3. The molecule has 2 aromatic carbocycles. The third kappa shape index (κ3) is 6.36. The number of piperazine rings is 1. The van der Waals surface area contributed by atoms with Crippen LogP contribution in [0.1, 0.15) is 11.1 Å². The van der Waals surface area contributed by atoms with E-state index in [-0.39, 0.29) is 19.5 Å². The van der Waals surface area contributed by atoms with Crippen LogP contribution in [0, 0.1) is 5.92 Å². The zero-order chi connectivity index (χ0) is 20.9. The molecule has 1 saturated heterocycles. The number of hydrogen-bond donors (Lipinski definition) is 0. The van der Waals surface area contributed by atoms with Gasteiger partial charge in [-0.05, 0) is 37.2 Å². The Bertz CT molecular complexity index is 772. The smallest absolute Gasteiger partial charge is 0.390 e. The zero-order valence-corrected chi connectivity index (χ0v) is 17.3. The summed E-state index contributed by atoms with van der Waals surface area (Å²) in [6, 6.07) is 14.5. The summed E-state index contributed by atoms with van der Waals surface area (Å²) in [4.78, 5) is 4.42. The topological polar surface area (TPSA) is 20.6 Å². The normalized spacial score (nSPS) is 16.8. The summed E-state index contributed by atoms with van der Waals surface area (Å²) in [6.45, 7) is 3.48. The molecule has 2 aromatic rings. The lowest BCUT2D eigenvalue weighted by atomic mass is 9.96. The minimum Gasteiger partial charge on any atom is -0.658 e. The fourth-order valence-corrected chi connectivity index (χ4v) is 3.65. The average Bonchev–Trinajstić information content (AvgIpc) is 2.69. The van der Waals surface area contributed by atoms with Crippen LogP contribution in [0.25, 0.3) is 5.32 Å². The van der Waals surface area contributed by atoms with E-state index < -0.39 is 12.1 Å². The Morgan fingerprint density at radius 1 is 1.00 bits per heavy atom. The van der Waals surface area contributed by atoms with Gasteiger partial charge in [-0.25, -0.2) is 0 Å². The van der Waals surface area contributed by atoms with Gasteiger partial charge in [0.15, 0.2) is 0 Å². The van der Waals surface area contributed by atoms with Gasteiger partial charge in [0.25, 0.3) is 0 Å². The summed E-state index contributed by atoms with van der Waals surface area (Å²) in [7, 11) is 2.06. The second-order valence-electron chi connectivity index (χ2n) is 7.55. The molecule has 0 N–H and O–H groups in total. The molecule has 1 fully saturated rings. The SMILES string of the molecule is CN1CCN(c2ccccc2CC(C[N-]Cc2ccc(Cl)cc2)C(F)(F)F)CC1. The van der Waals surface area contributed by atoms with Crippen LogP contribution >= 0.6 is 11.6 Å². The summed E-state index contributed by atoms with van der Waals surface area (Å²) in [6.07, 6.45) is -4.35. The Labute approximate surface area is 175 Å². The van der Waals surface area contributed by atoms with Crippen molar-refractivity contribution in [3.63, 3.8) is 0 Å². The van der Waals surface area contributed by atoms with Crippen molar-refractivity contribution in [2.45, 2.75) is 19.1 Å². The van der Waals surface area contributed by atoms with Crippen molar-refractivity contribution in [2.75, 3.05) is 44.7 Å². The molecule has 158 valence electrons. The number of para-hydroxylation sites is 1. The van der Waals surface area contributed by atoms with Crippen LogP contribution in [0.5, 0.6) is 0 Å². The van der Waals surface area contributed by atoms with Crippen molar-refractivity contribution in [3.05, 3.63) is 70.0 Å². The first kappa shape index (κ1) is 21.9. The van der Waals surface area contributed by atoms with Gasteiger partial charge in [0.2, 0.25) is 0 Å². The number of benzene rings is 2. The molecule has 1 heterocycles. The lowest BCUT2D eigenvalue weighted by Crippen LogP contribution is -2.45. The fourth-order valence-electron chi connectivity index (χ4n) is 3.53. The summed E-state index contributed by atoms with van der Waals surface area (Å²) in [5.74, 6) is -1.50. The molecule has 0 amide bonds. The van der Waals surface area contributed by atoms with Crippen molar-refractivity contribution in [1.29, 1.82) is 0 Å². The molecule has 7 heteroatoms. The van der Waals surface area contributed by atoms with E-state index in [0.717, 1.165) is 43.0 Å². The second kappa shape index (κ2) is 9.83. The van der Waals surface area contributed by atoms with Crippen molar-refractivity contribution in [2.24, 2.45) is 5.92 Å². The standard InChI is InChI=1S/C22H26ClF3N3/c1-28-10-12-29(13-11-28)21-5-3-2-4-18(21)14-19(22(24,25)26)16-27-15-17-6-8-20(23)9-7-17/h2-9,19H,10-16H2,1H3/q-1. The van der Waals surface area contributed by atoms with Gasteiger partial charge in [-0.2, -0.15) is 13.2 Å². The van der Waals surface area contributed by atoms with E-state index >= 15 is 0 Å². The predicted octanol–water partition coefficient (Wildman–Crippen LogP) is 5.39. The number of rotatable bonds is 7. The minimum absolute atomic E-state index is 0.0594. The molecule has 1 aliphatic rings. The molecular formula is C22H26ClF3N3-. The minimum atomic E-state index is -4.29. The van der Waals surface area contributed by atoms with Gasteiger partial charge < -0.3 is 15.1 Å². The maximum Gasteiger partial charge on any atom is 0.390 e. The van der Waals surface area contributed by atoms with E-state index in [2.05, 4.69) is 22.2 Å². The summed E-state index contributed by atoms with van der Waals surface area (Å²) in [5.41, 5.74) is 2.50. The third-order valence-electron chi connectivity index (χ3n) is 5.32. The van der Waals surface area contributed by atoms with Crippen LogP contribution in [0.3, 0.4) is 0 Å². The summed E-state index contributed by atoms with van der Waals surface area (Å²) >= 11 is 5.85. The van der Waals surface area contributed by atoms with Crippen molar-refractivity contribution in [3.8, 4) is 0 Å². The van der Waals surface area contributed by atoms with Crippen LogP contribution in [0.2, 0.25) is 5.02 Å². The largest absolute Gasteiger partial charge is 0.658 e. The Morgan fingerprint density at radius 2 is 1.66 bits per heavy atom. The monoisotopic (exact) mass is 424 g/mol. The Morgan fingerprint density at radius 3 is 2.31 bits per heavy atom. The molecule has 0 aromatic heterocycles. The highest BCUT2D eigenvalue weighted by Crippen LogP contribution is 2.33. The highest BCUT2D eigenvalue weighted by atomic mass is 35.5. The maximum atomic E-state index is 13.7. The average molecular weight is 425 g/mol. The van der Waals surface area contributed by atoms with Crippen LogP contribution in [-0.2, 0) is 13.0 Å². The van der Waals surface area contributed by atoms with E-state index in [4.69, 9.17) is 11.6 Å². The van der Waals surface area contributed by atoms with Gasteiger partial charge in [-0.3, -0.25) is 0 Å². The second-order valence-corrected chi connectivity index (χ2v) is 7.99. The van der Waals surface area contributed by atoms with Crippen LogP contribution < -0.4 is 4.90 Å². The Kier molecular flexibility index (Phi) is 7.44. The predicted molar refractivity (Wildman–Crippen MR) is 113 cm³/mol. The summed E-state index contributed by atoms with van der Waals surface area (Å²) < 4.78 is 41.1. The van der Waals surface area contributed by atoms with E-state index in [1.54, 1.807) is 24.3 Å². The van der Waals surface area contributed by atoms with Gasteiger partial charge in [0, 0.05) is 42.8 Å². The molecule has 29 heavy (non-hydrogen) atoms. The number of halogens is 4. The van der Waals surface area contributed by atoms with Gasteiger partial charge >= 0.3 is 6.18 Å². The Balaban J connectivity index is 1.66. The van der Waals surface area contributed by atoms with E-state index in [9.17, 15) is 13.2 Å². The first-order valence-electron chi connectivity index (χ1n) is 9.79. The Hall–Kier alpha value is -1.76. The zero-order valence-electron chi connectivity index (χ0n) is 16.5. The molecule has 3 rings (SSSR count). The third-order valence-corrected chi connectivity index (χ3v) is 5.57. The molecule has 1 atom stereocenters. The highest BCUT2D eigenvalue weighted by molar-refractivity contribution is 6.30. The molecule has 0 spiro atoms.